The fourth-order valence-electron chi connectivity index (χ4n) is 2.96. The zero-order valence-corrected chi connectivity index (χ0v) is 16.1. The first kappa shape index (κ1) is 18.7. The minimum absolute atomic E-state index is 0.0864. The number of aryl methyl sites for hydroxylation is 1. The highest BCUT2D eigenvalue weighted by atomic mass is 32.2. The van der Waals surface area contributed by atoms with E-state index >= 15 is 0 Å². The van der Waals surface area contributed by atoms with Gasteiger partial charge in [0.15, 0.2) is 5.58 Å². The summed E-state index contributed by atoms with van der Waals surface area (Å²) < 4.78 is 33.7. The van der Waals surface area contributed by atoms with Gasteiger partial charge in [-0.05, 0) is 48.9 Å². The highest BCUT2D eigenvalue weighted by Gasteiger charge is 2.31. The first-order valence-electron chi connectivity index (χ1n) is 8.68. The molecule has 0 bridgehead atoms. The molecule has 0 saturated heterocycles. The number of hydrogen-bond acceptors (Lipinski definition) is 5. The van der Waals surface area contributed by atoms with Gasteiger partial charge in [0, 0.05) is 0 Å². The Balaban J connectivity index is 1.93. The normalized spacial score (nSPS) is 11.5. The third-order valence-corrected chi connectivity index (χ3v) is 6.12. The third-order valence-electron chi connectivity index (χ3n) is 4.42. The summed E-state index contributed by atoms with van der Waals surface area (Å²) in [6.07, 6.45) is 0. The van der Waals surface area contributed by atoms with Crippen LogP contribution in [0.4, 0.5) is 11.7 Å². The standard InChI is InChI=1S/C21H16N2O5S/c1-14-11-12-16(13-17(14)20(24)25)29(26,27)23(15-7-3-2-4-8-15)21-22-18-9-5-6-10-19(18)28-21/h2-13H,1H3,(H,24,25). The number of carboxylic acid groups (broad SMARTS) is 1. The number of nitrogens with zero attached hydrogens (tertiary/aromatic N) is 2. The third kappa shape index (κ3) is 3.34. The van der Waals surface area contributed by atoms with Gasteiger partial charge < -0.3 is 9.52 Å². The van der Waals surface area contributed by atoms with Gasteiger partial charge in [-0.25, -0.2) is 13.2 Å². The molecule has 0 amide bonds. The molecule has 0 spiro atoms. The van der Waals surface area contributed by atoms with E-state index < -0.39 is 16.0 Å². The maximum absolute atomic E-state index is 13.5. The predicted molar refractivity (Wildman–Crippen MR) is 108 cm³/mol. The molecule has 0 aliphatic heterocycles. The fraction of sp³-hybridized carbons (Fsp3) is 0.0476. The molecule has 8 heteroatoms. The van der Waals surface area contributed by atoms with E-state index in [4.69, 9.17) is 4.42 Å². The monoisotopic (exact) mass is 408 g/mol. The molecule has 1 heterocycles. The van der Waals surface area contributed by atoms with Crippen LogP contribution in [0.15, 0.2) is 82.1 Å². The van der Waals surface area contributed by atoms with Crippen LogP contribution in [0.1, 0.15) is 15.9 Å². The van der Waals surface area contributed by atoms with E-state index in [1.807, 2.05) is 0 Å². The molecule has 1 aromatic heterocycles. The highest BCUT2D eigenvalue weighted by molar-refractivity contribution is 7.93. The Morgan fingerprint density at radius 2 is 1.69 bits per heavy atom. The number of hydrogen-bond donors (Lipinski definition) is 1. The van der Waals surface area contributed by atoms with E-state index in [0.717, 1.165) is 10.4 Å². The summed E-state index contributed by atoms with van der Waals surface area (Å²) in [6.45, 7) is 1.61. The predicted octanol–water partition coefficient (Wildman–Crippen LogP) is 4.36. The van der Waals surface area contributed by atoms with Gasteiger partial charge in [-0.15, -0.1) is 0 Å². The number of oxazole rings is 1. The van der Waals surface area contributed by atoms with Gasteiger partial charge in [-0.1, -0.05) is 36.4 Å². The topological polar surface area (TPSA) is 101 Å². The Bertz CT molecular complexity index is 1280. The van der Waals surface area contributed by atoms with Crippen molar-refractivity contribution in [1.29, 1.82) is 0 Å². The molecule has 4 aromatic rings. The average Bonchev–Trinajstić information content (AvgIpc) is 3.12. The van der Waals surface area contributed by atoms with Crippen LogP contribution in [0, 0.1) is 6.92 Å². The maximum atomic E-state index is 13.5. The summed E-state index contributed by atoms with van der Waals surface area (Å²) in [5.41, 5.74) is 1.64. The molecule has 0 aliphatic carbocycles. The largest absolute Gasteiger partial charge is 0.478 e. The molecule has 0 aliphatic rings. The highest BCUT2D eigenvalue weighted by Crippen LogP contribution is 2.34. The Hall–Kier alpha value is -3.65. The van der Waals surface area contributed by atoms with Gasteiger partial charge in [0.05, 0.1) is 16.1 Å². The number of aromatic nitrogens is 1. The first-order valence-corrected chi connectivity index (χ1v) is 10.1. The number of aromatic carboxylic acids is 1. The minimum atomic E-state index is -4.21. The van der Waals surface area contributed by atoms with Crippen molar-refractivity contribution in [3.8, 4) is 0 Å². The van der Waals surface area contributed by atoms with Crippen molar-refractivity contribution < 1.29 is 22.7 Å². The zero-order valence-electron chi connectivity index (χ0n) is 15.3. The van der Waals surface area contributed by atoms with Gasteiger partial charge in [0.25, 0.3) is 10.0 Å². The van der Waals surface area contributed by atoms with Gasteiger partial charge in [0.2, 0.25) is 0 Å². The van der Waals surface area contributed by atoms with Crippen molar-refractivity contribution in [2.24, 2.45) is 0 Å². The number of carbonyl (C=O) groups is 1. The van der Waals surface area contributed by atoms with E-state index in [2.05, 4.69) is 4.98 Å². The molecule has 29 heavy (non-hydrogen) atoms. The smallest absolute Gasteiger partial charge is 0.335 e. The van der Waals surface area contributed by atoms with Crippen LogP contribution < -0.4 is 4.31 Å². The lowest BCUT2D eigenvalue weighted by Crippen LogP contribution is -2.27. The van der Waals surface area contributed by atoms with Crippen LogP contribution in [0.25, 0.3) is 11.1 Å². The van der Waals surface area contributed by atoms with E-state index in [9.17, 15) is 18.3 Å². The van der Waals surface area contributed by atoms with Crippen molar-refractivity contribution in [2.45, 2.75) is 11.8 Å². The molecule has 0 fully saturated rings. The summed E-state index contributed by atoms with van der Waals surface area (Å²) in [6, 6.07) is 19.2. The molecule has 0 atom stereocenters. The molecule has 0 unspecified atom stereocenters. The molecular weight excluding hydrogens is 392 g/mol. The van der Waals surface area contributed by atoms with Crippen LogP contribution in [0.5, 0.6) is 0 Å². The van der Waals surface area contributed by atoms with Gasteiger partial charge in [-0.2, -0.15) is 9.29 Å². The first-order chi connectivity index (χ1) is 13.9. The second-order valence-electron chi connectivity index (χ2n) is 6.35. The molecule has 7 nitrogen and oxygen atoms in total. The second-order valence-corrected chi connectivity index (χ2v) is 8.14. The molecule has 3 aromatic carbocycles. The van der Waals surface area contributed by atoms with E-state index in [1.165, 1.54) is 12.1 Å². The number of benzene rings is 3. The Kier molecular flexibility index (Phi) is 4.56. The van der Waals surface area contributed by atoms with Crippen molar-refractivity contribution >= 4 is 38.8 Å². The van der Waals surface area contributed by atoms with Crippen LogP contribution in [0.3, 0.4) is 0 Å². The molecule has 4 rings (SSSR count). The number of anilines is 2. The maximum Gasteiger partial charge on any atom is 0.335 e. The Morgan fingerprint density at radius 1 is 1.00 bits per heavy atom. The van der Waals surface area contributed by atoms with Crippen molar-refractivity contribution in [2.75, 3.05) is 4.31 Å². The molecule has 0 saturated carbocycles. The van der Waals surface area contributed by atoms with Gasteiger partial charge in [-0.3, -0.25) is 0 Å². The van der Waals surface area contributed by atoms with Crippen LogP contribution in [-0.2, 0) is 10.0 Å². The molecule has 1 N–H and O–H groups in total. The molecule has 146 valence electrons. The fourth-order valence-corrected chi connectivity index (χ4v) is 4.36. The van der Waals surface area contributed by atoms with Gasteiger partial charge >= 0.3 is 12.0 Å². The summed E-state index contributed by atoms with van der Waals surface area (Å²) >= 11 is 0. The number of fused-ring (bicyclic) bond motifs is 1. The second kappa shape index (κ2) is 7.06. The quantitative estimate of drug-likeness (QED) is 0.526. The Morgan fingerprint density at radius 3 is 2.38 bits per heavy atom. The number of para-hydroxylation sites is 3. The van der Waals surface area contributed by atoms with E-state index in [-0.39, 0.29) is 16.5 Å². The summed E-state index contributed by atoms with van der Waals surface area (Å²) in [5.74, 6) is -1.20. The van der Waals surface area contributed by atoms with Crippen LogP contribution >= 0.6 is 0 Å². The summed E-state index contributed by atoms with van der Waals surface area (Å²) in [7, 11) is -4.21. The number of carboxylic acids is 1. The lowest BCUT2D eigenvalue weighted by molar-refractivity contribution is 0.0696. The average molecular weight is 408 g/mol. The lowest BCUT2D eigenvalue weighted by atomic mass is 10.1. The summed E-state index contributed by atoms with van der Waals surface area (Å²) in [5, 5.41) is 9.38. The lowest BCUT2D eigenvalue weighted by Gasteiger charge is -2.21. The van der Waals surface area contributed by atoms with E-state index in [1.54, 1.807) is 61.5 Å². The Labute approximate surface area is 166 Å². The minimum Gasteiger partial charge on any atom is -0.478 e. The molecule has 0 radical (unpaired) electrons. The van der Waals surface area contributed by atoms with Gasteiger partial charge in [0.1, 0.15) is 5.52 Å². The summed E-state index contributed by atoms with van der Waals surface area (Å²) in [4.78, 5) is 15.6. The van der Waals surface area contributed by atoms with Crippen molar-refractivity contribution in [3.63, 3.8) is 0 Å². The van der Waals surface area contributed by atoms with Crippen molar-refractivity contribution in [3.05, 3.63) is 83.9 Å². The zero-order chi connectivity index (χ0) is 20.6. The van der Waals surface area contributed by atoms with Crippen LogP contribution in [0.2, 0.25) is 0 Å². The number of rotatable bonds is 5. The van der Waals surface area contributed by atoms with E-state index in [0.29, 0.717) is 22.4 Å². The van der Waals surface area contributed by atoms with Crippen molar-refractivity contribution in [1.82, 2.24) is 4.98 Å². The van der Waals surface area contributed by atoms with Crippen LogP contribution in [-0.4, -0.2) is 24.5 Å². The SMILES string of the molecule is Cc1ccc(S(=O)(=O)N(c2ccccc2)c2nc3ccccc3o2)cc1C(=O)O. The molecular formula is C21H16N2O5S. The number of sulfonamides is 1.